The Bertz CT molecular complexity index is 434. The first-order valence-electron chi connectivity index (χ1n) is 6.93. The average Bonchev–Trinajstić information content (AvgIpc) is 2.93. The Kier molecular flexibility index (Phi) is 4.96. The van der Waals surface area contributed by atoms with Gasteiger partial charge in [0.2, 0.25) is 0 Å². The number of hydrogen-bond donors (Lipinski definition) is 1. The standard InChI is InChI=1S/C14H21N5/c1-19(9-7-15)14-10-13(17-11-18-14)16-8-6-12-4-2-3-5-12/h10-12H,2-6,8-9H2,1H3,(H,16,17,18). The number of hydrogen-bond acceptors (Lipinski definition) is 5. The lowest BCUT2D eigenvalue weighted by Crippen LogP contribution is -2.19. The molecule has 0 amide bonds. The molecule has 1 aromatic heterocycles. The van der Waals surface area contributed by atoms with Gasteiger partial charge in [0.05, 0.1) is 6.07 Å². The monoisotopic (exact) mass is 259 g/mol. The smallest absolute Gasteiger partial charge is 0.134 e. The molecule has 0 unspecified atom stereocenters. The van der Waals surface area contributed by atoms with Crippen LogP contribution in [0.1, 0.15) is 32.1 Å². The molecule has 19 heavy (non-hydrogen) atoms. The molecule has 1 N–H and O–H groups in total. The molecule has 0 bridgehead atoms. The lowest BCUT2D eigenvalue weighted by molar-refractivity contribution is 0.518. The molecular weight excluding hydrogens is 238 g/mol. The Morgan fingerprint density at radius 2 is 2.21 bits per heavy atom. The normalized spacial score (nSPS) is 15.2. The Balaban J connectivity index is 1.82. The van der Waals surface area contributed by atoms with Crippen molar-refractivity contribution >= 4 is 11.6 Å². The van der Waals surface area contributed by atoms with E-state index in [1.807, 2.05) is 18.0 Å². The van der Waals surface area contributed by atoms with Gasteiger partial charge in [-0.3, -0.25) is 0 Å². The fraction of sp³-hybridized carbons (Fsp3) is 0.643. The minimum Gasteiger partial charge on any atom is -0.370 e. The molecule has 0 atom stereocenters. The van der Waals surface area contributed by atoms with Gasteiger partial charge in [0.15, 0.2) is 0 Å². The van der Waals surface area contributed by atoms with Crippen LogP contribution >= 0.6 is 0 Å². The maximum Gasteiger partial charge on any atom is 0.134 e. The zero-order valence-corrected chi connectivity index (χ0v) is 11.5. The van der Waals surface area contributed by atoms with Crippen LogP contribution in [0.15, 0.2) is 12.4 Å². The SMILES string of the molecule is CN(CC#N)c1cc(NCCC2CCCC2)ncn1. The van der Waals surface area contributed by atoms with Crippen LogP contribution in [0.4, 0.5) is 11.6 Å². The Labute approximate surface area is 114 Å². The van der Waals surface area contributed by atoms with Crippen LogP contribution in [0.5, 0.6) is 0 Å². The largest absolute Gasteiger partial charge is 0.370 e. The van der Waals surface area contributed by atoms with Gasteiger partial charge in [0.1, 0.15) is 24.5 Å². The molecule has 0 aliphatic heterocycles. The number of nitrogens with one attached hydrogen (secondary N) is 1. The zero-order valence-electron chi connectivity index (χ0n) is 11.5. The van der Waals surface area contributed by atoms with E-state index in [0.717, 1.165) is 24.1 Å². The van der Waals surface area contributed by atoms with Crippen molar-refractivity contribution < 1.29 is 0 Å². The highest BCUT2D eigenvalue weighted by molar-refractivity contribution is 5.48. The van der Waals surface area contributed by atoms with E-state index in [9.17, 15) is 0 Å². The molecule has 1 heterocycles. The number of anilines is 2. The quantitative estimate of drug-likeness (QED) is 0.795. The summed E-state index contributed by atoms with van der Waals surface area (Å²) in [6, 6.07) is 4.01. The summed E-state index contributed by atoms with van der Waals surface area (Å²) in [6.07, 6.45) is 8.29. The third kappa shape index (κ3) is 4.09. The van der Waals surface area contributed by atoms with Crippen molar-refractivity contribution in [2.45, 2.75) is 32.1 Å². The summed E-state index contributed by atoms with van der Waals surface area (Å²) in [4.78, 5) is 10.2. The van der Waals surface area contributed by atoms with Crippen LogP contribution < -0.4 is 10.2 Å². The summed E-state index contributed by atoms with van der Waals surface area (Å²) in [5.74, 6) is 2.50. The minimum absolute atomic E-state index is 0.332. The molecule has 1 fully saturated rings. The zero-order chi connectivity index (χ0) is 13.5. The van der Waals surface area contributed by atoms with Crippen molar-refractivity contribution in [3.8, 4) is 6.07 Å². The van der Waals surface area contributed by atoms with E-state index >= 15 is 0 Å². The number of nitrogens with zero attached hydrogens (tertiary/aromatic N) is 4. The van der Waals surface area contributed by atoms with Gasteiger partial charge in [-0.1, -0.05) is 25.7 Å². The topological polar surface area (TPSA) is 64.8 Å². The summed E-state index contributed by atoms with van der Waals surface area (Å²) in [5, 5.41) is 12.0. The highest BCUT2D eigenvalue weighted by atomic mass is 15.2. The molecule has 0 radical (unpaired) electrons. The van der Waals surface area contributed by atoms with Gasteiger partial charge in [-0.05, 0) is 12.3 Å². The second-order valence-electron chi connectivity index (χ2n) is 5.14. The van der Waals surface area contributed by atoms with E-state index in [1.54, 1.807) is 6.33 Å². The van der Waals surface area contributed by atoms with Crippen molar-refractivity contribution in [1.29, 1.82) is 5.26 Å². The summed E-state index contributed by atoms with van der Waals surface area (Å²) in [5.41, 5.74) is 0. The van der Waals surface area contributed by atoms with E-state index < -0.39 is 0 Å². The van der Waals surface area contributed by atoms with Crippen LogP contribution in [-0.4, -0.2) is 30.1 Å². The Hall–Kier alpha value is -1.83. The summed E-state index contributed by atoms with van der Waals surface area (Å²) in [7, 11) is 1.86. The molecular formula is C14H21N5. The second kappa shape index (κ2) is 6.93. The molecule has 1 aromatic rings. The minimum atomic E-state index is 0.332. The van der Waals surface area contributed by atoms with Crippen LogP contribution in [-0.2, 0) is 0 Å². The molecule has 1 saturated carbocycles. The van der Waals surface area contributed by atoms with Crippen LogP contribution in [0, 0.1) is 17.2 Å². The summed E-state index contributed by atoms with van der Waals surface area (Å²) in [6.45, 7) is 1.29. The molecule has 0 aromatic carbocycles. The van der Waals surface area contributed by atoms with Crippen LogP contribution in [0.2, 0.25) is 0 Å². The van der Waals surface area contributed by atoms with Gasteiger partial charge in [-0.2, -0.15) is 5.26 Å². The first-order chi connectivity index (χ1) is 9.29. The highest BCUT2D eigenvalue weighted by Gasteiger charge is 2.14. The first-order valence-corrected chi connectivity index (χ1v) is 6.93. The van der Waals surface area contributed by atoms with Crippen molar-refractivity contribution in [3.05, 3.63) is 12.4 Å². The van der Waals surface area contributed by atoms with E-state index in [0.29, 0.717) is 6.54 Å². The molecule has 2 rings (SSSR count). The third-order valence-corrected chi connectivity index (χ3v) is 3.69. The third-order valence-electron chi connectivity index (χ3n) is 3.69. The predicted octanol–water partition coefficient (Wildman–Crippen LogP) is 2.43. The average molecular weight is 259 g/mol. The molecule has 5 nitrogen and oxygen atoms in total. The van der Waals surface area contributed by atoms with Crippen molar-refractivity contribution in [1.82, 2.24) is 9.97 Å². The number of aromatic nitrogens is 2. The van der Waals surface area contributed by atoms with Gasteiger partial charge in [0.25, 0.3) is 0 Å². The van der Waals surface area contributed by atoms with Crippen molar-refractivity contribution in [2.75, 3.05) is 30.4 Å². The van der Waals surface area contributed by atoms with Gasteiger partial charge < -0.3 is 10.2 Å². The molecule has 0 spiro atoms. The van der Waals surface area contributed by atoms with Gasteiger partial charge in [-0.25, -0.2) is 9.97 Å². The lowest BCUT2D eigenvalue weighted by Gasteiger charge is -2.15. The fourth-order valence-corrected chi connectivity index (χ4v) is 2.54. The van der Waals surface area contributed by atoms with Crippen molar-refractivity contribution in [3.63, 3.8) is 0 Å². The number of rotatable bonds is 6. The Morgan fingerprint density at radius 3 is 2.95 bits per heavy atom. The maximum absolute atomic E-state index is 8.68. The van der Waals surface area contributed by atoms with E-state index in [2.05, 4.69) is 21.4 Å². The van der Waals surface area contributed by atoms with Gasteiger partial charge in [0, 0.05) is 19.7 Å². The van der Waals surface area contributed by atoms with E-state index in [4.69, 9.17) is 5.26 Å². The molecule has 0 saturated heterocycles. The predicted molar refractivity (Wildman–Crippen MR) is 76.0 cm³/mol. The van der Waals surface area contributed by atoms with E-state index in [1.165, 1.54) is 32.1 Å². The maximum atomic E-state index is 8.68. The Morgan fingerprint density at radius 1 is 1.42 bits per heavy atom. The highest BCUT2D eigenvalue weighted by Crippen LogP contribution is 2.27. The number of nitriles is 1. The fourth-order valence-electron chi connectivity index (χ4n) is 2.54. The van der Waals surface area contributed by atoms with Gasteiger partial charge in [-0.15, -0.1) is 0 Å². The molecule has 5 heteroatoms. The van der Waals surface area contributed by atoms with Gasteiger partial charge >= 0.3 is 0 Å². The second-order valence-corrected chi connectivity index (χ2v) is 5.14. The molecule has 1 aliphatic carbocycles. The van der Waals surface area contributed by atoms with Crippen molar-refractivity contribution in [2.24, 2.45) is 5.92 Å². The lowest BCUT2D eigenvalue weighted by atomic mass is 10.0. The molecule has 102 valence electrons. The van der Waals surface area contributed by atoms with Crippen LogP contribution in [0.3, 0.4) is 0 Å². The first kappa shape index (κ1) is 13.6. The van der Waals surface area contributed by atoms with E-state index in [-0.39, 0.29) is 0 Å². The summed E-state index contributed by atoms with van der Waals surface area (Å²) < 4.78 is 0. The summed E-state index contributed by atoms with van der Waals surface area (Å²) >= 11 is 0. The van der Waals surface area contributed by atoms with Crippen LogP contribution in [0.25, 0.3) is 0 Å². The molecule has 1 aliphatic rings.